The second kappa shape index (κ2) is 5.21. The van der Waals surface area contributed by atoms with Gasteiger partial charge in [0.2, 0.25) is 5.88 Å². The van der Waals surface area contributed by atoms with Crippen molar-refractivity contribution in [2.75, 3.05) is 13.7 Å². The van der Waals surface area contributed by atoms with E-state index in [4.69, 9.17) is 4.74 Å². The van der Waals surface area contributed by atoms with Gasteiger partial charge in [-0.15, -0.1) is 0 Å². The summed E-state index contributed by atoms with van der Waals surface area (Å²) < 4.78 is 18.8. The van der Waals surface area contributed by atoms with Crippen LogP contribution in [0, 0.1) is 0 Å². The number of aromatic nitrogens is 2. The summed E-state index contributed by atoms with van der Waals surface area (Å²) in [5.74, 6) is 0.241. The van der Waals surface area contributed by atoms with Crippen molar-refractivity contribution in [3.8, 4) is 5.88 Å². The quantitative estimate of drug-likeness (QED) is 0.853. The molecule has 4 nitrogen and oxygen atoms in total. The molecule has 0 saturated heterocycles. The van der Waals surface area contributed by atoms with Crippen molar-refractivity contribution in [3.63, 3.8) is 0 Å². The molecule has 0 aliphatic carbocycles. The summed E-state index contributed by atoms with van der Waals surface area (Å²) in [7, 11) is 1.46. The van der Waals surface area contributed by atoms with Gasteiger partial charge in [-0.25, -0.2) is 9.37 Å². The molecule has 1 heterocycles. The molecular formula is C11H18FN3O. The summed E-state index contributed by atoms with van der Waals surface area (Å²) >= 11 is 0. The normalized spacial score (nSPS) is 13.6. The Morgan fingerprint density at radius 3 is 2.56 bits per heavy atom. The third kappa shape index (κ3) is 3.73. The van der Waals surface area contributed by atoms with E-state index in [0.29, 0.717) is 0 Å². The van der Waals surface area contributed by atoms with Crippen molar-refractivity contribution in [3.05, 3.63) is 18.1 Å². The molecule has 16 heavy (non-hydrogen) atoms. The zero-order valence-corrected chi connectivity index (χ0v) is 10.1. The van der Waals surface area contributed by atoms with Crippen LogP contribution in [0.1, 0.15) is 32.6 Å². The molecule has 1 N–H and O–H groups in total. The molecule has 1 unspecified atom stereocenters. The third-order valence-corrected chi connectivity index (χ3v) is 1.99. The molecule has 1 aromatic heterocycles. The van der Waals surface area contributed by atoms with Crippen molar-refractivity contribution in [1.82, 2.24) is 15.3 Å². The highest BCUT2D eigenvalue weighted by Crippen LogP contribution is 2.22. The fourth-order valence-electron chi connectivity index (χ4n) is 1.20. The molecule has 0 spiro atoms. The largest absolute Gasteiger partial charge is 0.480 e. The first-order valence-corrected chi connectivity index (χ1v) is 5.18. The second-order valence-corrected chi connectivity index (χ2v) is 4.55. The fourth-order valence-corrected chi connectivity index (χ4v) is 1.20. The number of halogens is 1. The van der Waals surface area contributed by atoms with Crippen LogP contribution in [0.2, 0.25) is 0 Å². The van der Waals surface area contributed by atoms with Crippen molar-refractivity contribution in [2.24, 2.45) is 0 Å². The molecule has 0 aromatic carbocycles. The van der Waals surface area contributed by atoms with Crippen LogP contribution >= 0.6 is 0 Å². The lowest BCUT2D eigenvalue weighted by Crippen LogP contribution is -2.38. The van der Waals surface area contributed by atoms with Crippen LogP contribution in [0.15, 0.2) is 12.4 Å². The summed E-state index contributed by atoms with van der Waals surface area (Å²) in [6.07, 6.45) is 1.72. The van der Waals surface area contributed by atoms with Gasteiger partial charge in [-0.1, -0.05) is 0 Å². The number of ether oxygens (including phenoxy) is 1. The maximum atomic E-state index is 13.9. The van der Waals surface area contributed by atoms with Crippen LogP contribution in [-0.2, 0) is 0 Å². The minimum Gasteiger partial charge on any atom is -0.480 e. The number of methoxy groups -OCH3 is 1. The van der Waals surface area contributed by atoms with E-state index < -0.39 is 6.17 Å². The number of hydrogen-bond donors (Lipinski definition) is 1. The van der Waals surface area contributed by atoms with Gasteiger partial charge >= 0.3 is 0 Å². The molecule has 0 fully saturated rings. The van der Waals surface area contributed by atoms with Crippen LogP contribution in [0.25, 0.3) is 0 Å². The van der Waals surface area contributed by atoms with E-state index in [2.05, 4.69) is 15.3 Å². The third-order valence-electron chi connectivity index (χ3n) is 1.99. The van der Waals surface area contributed by atoms with Crippen LogP contribution in [0.4, 0.5) is 4.39 Å². The highest BCUT2D eigenvalue weighted by atomic mass is 19.1. The maximum absolute atomic E-state index is 13.9. The predicted molar refractivity (Wildman–Crippen MR) is 60.2 cm³/mol. The van der Waals surface area contributed by atoms with Crippen molar-refractivity contribution in [2.45, 2.75) is 32.5 Å². The Bertz CT molecular complexity index is 338. The number of nitrogens with zero attached hydrogens (tertiary/aromatic N) is 2. The minimum absolute atomic E-state index is 0.125. The first kappa shape index (κ1) is 12.8. The zero-order chi connectivity index (χ0) is 12.2. The summed E-state index contributed by atoms with van der Waals surface area (Å²) in [6, 6.07) is 0. The van der Waals surface area contributed by atoms with Crippen molar-refractivity contribution in [1.29, 1.82) is 0 Å². The van der Waals surface area contributed by atoms with E-state index in [0.717, 1.165) is 0 Å². The number of nitrogens with one attached hydrogen (secondary N) is 1. The lowest BCUT2D eigenvalue weighted by molar-refractivity contribution is 0.273. The Balaban J connectivity index is 2.69. The van der Waals surface area contributed by atoms with Gasteiger partial charge in [-0.05, 0) is 20.8 Å². The van der Waals surface area contributed by atoms with Gasteiger partial charge in [0.15, 0.2) is 6.17 Å². The average Bonchev–Trinajstić information content (AvgIpc) is 2.25. The van der Waals surface area contributed by atoms with E-state index in [1.807, 2.05) is 20.8 Å². The van der Waals surface area contributed by atoms with E-state index in [9.17, 15) is 4.39 Å². The first-order valence-electron chi connectivity index (χ1n) is 5.18. The smallest absolute Gasteiger partial charge is 0.238 e. The van der Waals surface area contributed by atoms with Gasteiger partial charge < -0.3 is 10.1 Å². The summed E-state index contributed by atoms with van der Waals surface area (Å²) in [4.78, 5) is 7.86. The standard InChI is InChI=1S/C11H18FN3O/c1-11(2,3)15-7-8(12)9-10(16-4)14-6-5-13-9/h5-6,8,15H,7H2,1-4H3. The molecule has 0 bridgehead atoms. The van der Waals surface area contributed by atoms with Crippen LogP contribution < -0.4 is 10.1 Å². The lowest BCUT2D eigenvalue weighted by atomic mass is 10.1. The summed E-state index contributed by atoms with van der Waals surface area (Å²) in [5, 5.41) is 3.07. The second-order valence-electron chi connectivity index (χ2n) is 4.55. The first-order chi connectivity index (χ1) is 7.44. The van der Waals surface area contributed by atoms with Gasteiger partial charge in [0.05, 0.1) is 7.11 Å². The topological polar surface area (TPSA) is 47.0 Å². The summed E-state index contributed by atoms with van der Waals surface area (Å²) in [6.45, 7) is 6.13. The number of hydrogen-bond acceptors (Lipinski definition) is 4. The summed E-state index contributed by atoms with van der Waals surface area (Å²) in [5.41, 5.74) is 0.113. The maximum Gasteiger partial charge on any atom is 0.238 e. The average molecular weight is 227 g/mol. The molecule has 90 valence electrons. The van der Waals surface area contributed by atoms with Gasteiger partial charge in [0.1, 0.15) is 5.69 Å². The lowest BCUT2D eigenvalue weighted by Gasteiger charge is -2.22. The highest BCUT2D eigenvalue weighted by Gasteiger charge is 2.20. The van der Waals surface area contributed by atoms with Gasteiger partial charge in [-0.3, -0.25) is 4.98 Å². The van der Waals surface area contributed by atoms with E-state index in [-0.39, 0.29) is 23.7 Å². The fraction of sp³-hybridized carbons (Fsp3) is 0.636. The minimum atomic E-state index is -1.22. The van der Waals surface area contributed by atoms with Crippen LogP contribution in [0.5, 0.6) is 5.88 Å². The van der Waals surface area contributed by atoms with Gasteiger partial charge in [-0.2, -0.15) is 0 Å². The molecular weight excluding hydrogens is 209 g/mol. The predicted octanol–water partition coefficient (Wildman–Crippen LogP) is 1.88. The molecule has 5 heteroatoms. The SMILES string of the molecule is COc1nccnc1C(F)CNC(C)(C)C. The Morgan fingerprint density at radius 2 is 2.00 bits per heavy atom. The Kier molecular flexibility index (Phi) is 4.18. The highest BCUT2D eigenvalue weighted by molar-refractivity contribution is 5.20. The molecule has 0 aliphatic heterocycles. The van der Waals surface area contributed by atoms with Crippen LogP contribution in [0.3, 0.4) is 0 Å². The molecule has 0 amide bonds. The molecule has 0 saturated carbocycles. The Labute approximate surface area is 95.3 Å². The van der Waals surface area contributed by atoms with Crippen molar-refractivity contribution >= 4 is 0 Å². The van der Waals surface area contributed by atoms with E-state index >= 15 is 0 Å². The Hall–Kier alpha value is -1.23. The van der Waals surface area contributed by atoms with Gasteiger partial charge in [0.25, 0.3) is 0 Å². The van der Waals surface area contributed by atoms with Crippen molar-refractivity contribution < 1.29 is 9.13 Å². The molecule has 1 aromatic rings. The Morgan fingerprint density at radius 1 is 1.38 bits per heavy atom. The zero-order valence-electron chi connectivity index (χ0n) is 10.1. The van der Waals surface area contributed by atoms with Crippen LogP contribution in [-0.4, -0.2) is 29.2 Å². The molecule has 1 atom stereocenters. The molecule has 1 rings (SSSR count). The van der Waals surface area contributed by atoms with E-state index in [1.165, 1.54) is 19.5 Å². The van der Waals surface area contributed by atoms with Gasteiger partial charge in [0, 0.05) is 24.5 Å². The molecule has 0 radical (unpaired) electrons. The van der Waals surface area contributed by atoms with E-state index in [1.54, 1.807) is 0 Å². The number of alkyl halides is 1. The molecule has 0 aliphatic rings. The monoisotopic (exact) mass is 227 g/mol. The number of rotatable bonds is 4.